The lowest BCUT2D eigenvalue weighted by atomic mass is 9.67. The molecule has 0 bridgehead atoms. The van der Waals surface area contributed by atoms with E-state index in [-0.39, 0.29) is 35.7 Å². The number of hydrogen-bond acceptors (Lipinski definition) is 7. The zero-order valence-electron chi connectivity index (χ0n) is 17.6. The Morgan fingerprint density at radius 2 is 2.12 bits per heavy atom. The fraction of sp³-hybridized carbons (Fsp3) is 0.348. The number of nitriles is 2. The number of carbonyl (C=O) groups is 1. The average Bonchev–Trinajstić information content (AvgIpc) is 3.11. The quantitative estimate of drug-likeness (QED) is 0.765. The van der Waals surface area contributed by atoms with E-state index >= 15 is 4.39 Å². The van der Waals surface area contributed by atoms with Gasteiger partial charge in [-0.3, -0.25) is 9.79 Å². The number of carbonyl (C=O) groups excluding carboxylic acids is 1. The van der Waals surface area contributed by atoms with E-state index in [4.69, 9.17) is 15.7 Å². The van der Waals surface area contributed by atoms with Gasteiger partial charge in [0.2, 0.25) is 0 Å². The molecule has 1 amide bonds. The number of nitrogens with zero attached hydrogens (tertiary/aromatic N) is 4. The molecule has 4 rings (SSSR count). The lowest BCUT2D eigenvalue weighted by Gasteiger charge is -2.41. The number of amides is 1. The Labute approximate surface area is 184 Å². The molecule has 1 aromatic carbocycles. The Hall–Kier alpha value is -3.82. The van der Waals surface area contributed by atoms with Crippen molar-refractivity contribution in [1.82, 2.24) is 4.98 Å². The zero-order chi connectivity index (χ0) is 23.1. The number of ether oxygens (including phenoxy) is 1. The topological polar surface area (TPSA) is 137 Å². The normalized spacial score (nSPS) is 28.7. The third-order valence-corrected chi connectivity index (χ3v) is 6.32. The van der Waals surface area contributed by atoms with Crippen LogP contribution in [0.3, 0.4) is 0 Å². The summed E-state index contributed by atoms with van der Waals surface area (Å²) in [6.45, 7) is 3.71. The highest BCUT2D eigenvalue weighted by atomic mass is 19.1. The third kappa shape index (κ3) is 3.37. The number of hydrogen-bond donors (Lipinski definition) is 2. The second-order valence-electron chi connectivity index (χ2n) is 8.38. The van der Waals surface area contributed by atoms with Crippen molar-refractivity contribution in [3.05, 3.63) is 59.2 Å². The van der Waals surface area contributed by atoms with E-state index in [9.17, 15) is 10.1 Å². The van der Waals surface area contributed by atoms with Crippen LogP contribution in [-0.2, 0) is 10.3 Å². The van der Waals surface area contributed by atoms with Gasteiger partial charge in [0.15, 0.2) is 0 Å². The summed E-state index contributed by atoms with van der Waals surface area (Å²) in [6.07, 6.45) is 1.43. The summed E-state index contributed by atoms with van der Waals surface area (Å²) in [5.41, 5.74) is 5.18. The summed E-state index contributed by atoms with van der Waals surface area (Å²) < 4.78 is 20.9. The smallest absolute Gasteiger partial charge is 0.274 e. The molecule has 0 radical (unpaired) electrons. The van der Waals surface area contributed by atoms with Gasteiger partial charge in [0.05, 0.1) is 24.3 Å². The molecule has 0 saturated carbocycles. The number of aliphatic imine (C=N–C) groups is 1. The van der Waals surface area contributed by atoms with Crippen LogP contribution in [0.15, 0.2) is 41.5 Å². The van der Waals surface area contributed by atoms with E-state index < -0.39 is 22.7 Å². The predicted octanol–water partition coefficient (Wildman–Crippen LogP) is 2.87. The van der Waals surface area contributed by atoms with Crippen molar-refractivity contribution in [2.75, 3.05) is 11.9 Å². The Balaban J connectivity index is 1.71. The Morgan fingerprint density at radius 1 is 1.34 bits per heavy atom. The van der Waals surface area contributed by atoms with Crippen LogP contribution >= 0.6 is 0 Å². The van der Waals surface area contributed by atoms with E-state index in [1.165, 1.54) is 36.5 Å². The molecule has 9 heteroatoms. The van der Waals surface area contributed by atoms with Crippen LogP contribution in [0.2, 0.25) is 0 Å². The summed E-state index contributed by atoms with van der Waals surface area (Å²) in [4.78, 5) is 21.2. The van der Waals surface area contributed by atoms with Crippen LogP contribution in [0.4, 0.5) is 10.1 Å². The molecular formula is C23H21FN6O2. The molecule has 2 aliphatic rings. The molecular weight excluding hydrogens is 411 g/mol. The van der Waals surface area contributed by atoms with Crippen molar-refractivity contribution >= 4 is 17.4 Å². The number of anilines is 1. The van der Waals surface area contributed by atoms with Crippen molar-refractivity contribution < 1.29 is 13.9 Å². The molecule has 0 aliphatic carbocycles. The van der Waals surface area contributed by atoms with Crippen LogP contribution in [-0.4, -0.2) is 29.4 Å². The van der Waals surface area contributed by atoms with Crippen LogP contribution < -0.4 is 11.1 Å². The maximum absolute atomic E-state index is 15.1. The highest BCUT2D eigenvalue weighted by Gasteiger charge is 2.57. The van der Waals surface area contributed by atoms with E-state index in [2.05, 4.69) is 21.4 Å². The molecule has 2 aliphatic heterocycles. The Morgan fingerprint density at radius 3 is 2.78 bits per heavy atom. The zero-order valence-corrected chi connectivity index (χ0v) is 17.6. The van der Waals surface area contributed by atoms with Gasteiger partial charge in [-0.2, -0.15) is 10.5 Å². The number of rotatable bonds is 3. The first-order valence-electron chi connectivity index (χ1n) is 10.1. The maximum atomic E-state index is 15.1. The first-order valence-corrected chi connectivity index (χ1v) is 10.1. The van der Waals surface area contributed by atoms with Gasteiger partial charge in [-0.25, -0.2) is 9.37 Å². The number of amidine groups is 1. The minimum absolute atomic E-state index is 0.118. The summed E-state index contributed by atoms with van der Waals surface area (Å²) in [7, 11) is 0. The van der Waals surface area contributed by atoms with Gasteiger partial charge in [0.25, 0.3) is 5.91 Å². The molecule has 1 saturated heterocycles. The van der Waals surface area contributed by atoms with Gasteiger partial charge < -0.3 is 15.8 Å². The van der Waals surface area contributed by atoms with Crippen molar-refractivity contribution in [1.29, 1.82) is 10.5 Å². The number of nitrogens with two attached hydrogens (primary N) is 1. The van der Waals surface area contributed by atoms with Crippen LogP contribution in [0.5, 0.6) is 0 Å². The van der Waals surface area contributed by atoms with Crippen LogP contribution in [0, 0.1) is 39.8 Å². The van der Waals surface area contributed by atoms with Gasteiger partial charge in [0, 0.05) is 23.4 Å². The molecule has 4 atom stereocenters. The first-order chi connectivity index (χ1) is 15.2. The van der Waals surface area contributed by atoms with Gasteiger partial charge in [-0.1, -0.05) is 0 Å². The Bertz CT molecular complexity index is 1200. The molecule has 3 N–H and O–H groups in total. The molecule has 0 unspecified atom stereocenters. The van der Waals surface area contributed by atoms with Gasteiger partial charge in [0.1, 0.15) is 34.4 Å². The minimum Gasteiger partial charge on any atom is -0.386 e. The van der Waals surface area contributed by atoms with Crippen LogP contribution in [0.1, 0.15) is 41.9 Å². The largest absolute Gasteiger partial charge is 0.386 e. The molecule has 1 aromatic heterocycles. The van der Waals surface area contributed by atoms with Gasteiger partial charge >= 0.3 is 0 Å². The predicted molar refractivity (Wildman–Crippen MR) is 114 cm³/mol. The highest BCUT2D eigenvalue weighted by Crippen LogP contribution is 2.52. The van der Waals surface area contributed by atoms with Crippen molar-refractivity contribution in [2.24, 2.45) is 22.1 Å². The number of pyridine rings is 1. The second-order valence-corrected chi connectivity index (χ2v) is 8.38. The van der Waals surface area contributed by atoms with E-state index in [1.54, 1.807) is 6.92 Å². The van der Waals surface area contributed by atoms with E-state index in [0.717, 1.165) is 0 Å². The van der Waals surface area contributed by atoms with E-state index in [1.807, 2.05) is 13.0 Å². The minimum atomic E-state index is -1.09. The summed E-state index contributed by atoms with van der Waals surface area (Å²) in [5, 5.41) is 21.2. The van der Waals surface area contributed by atoms with Crippen molar-refractivity contribution in [3.8, 4) is 12.1 Å². The summed E-state index contributed by atoms with van der Waals surface area (Å²) in [5.74, 6) is -1.12. The van der Waals surface area contributed by atoms with E-state index in [0.29, 0.717) is 17.7 Å². The molecule has 162 valence electrons. The van der Waals surface area contributed by atoms with Crippen molar-refractivity contribution in [3.63, 3.8) is 0 Å². The second kappa shape index (κ2) is 7.70. The Kier molecular flexibility index (Phi) is 5.15. The third-order valence-electron chi connectivity index (χ3n) is 6.32. The van der Waals surface area contributed by atoms with Gasteiger partial charge in [-0.05, 0) is 50.6 Å². The van der Waals surface area contributed by atoms with Crippen LogP contribution in [0.25, 0.3) is 0 Å². The van der Waals surface area contributed by atoms with Gasteiger partial charge in [-0.15, -0.1) is 0 Å². The highest BCUT2D eigenvalue weighted by molar-refractivity contribution is 6.03. The number of nitrogens with one attached hydrogen (secondary N) is 1. The fourth-order valence-electron chi connectivity index (χ4n) is 4.37. The number of fused-ring (bicyclic) bond motifs is 1. The SMILES string of the molecule is C[C@H]1OC[C@]2(c3cc(NC(=O)c4ccc(C#N)cn4)ccc3F)N=C(N)[C@](C)(C#N)C[C@H]12. The monoisotopic (exact) mass is 432 g/mol. The fourth-order valence-corrected chi connectivity index (χ4v) is 4.37. The maximum Gasteiger partial charge on any atom is 0.274 e. The van der Waals surface area contributed by atoms with Crippen molar-refractivity contribution in [2.45, 2.75) is 31.9 Å². The molecule has 2 aromatic rings. The number of halogens is 1. The molecule has 8 nitrogen and oxygen atoms in total. The molecule has 0 spiro atoms. The number of aromatic nitrogens is 1. The summed E-state index contributed by atoms with van der Waals surface area (Å²) in [6, 6.07) is 11.3. The standard InChI is InChI=1S/C23H21FN6O2/c1-13-17-8-22(2,11-26)21(27)30-23(17,12-32-13)16-7-15(4-5-18(16)24)29-20(31)19-6-3-14(9-25)10-28-19/h3-7,10,13,17H,8,12H2,1-2H3,(H2,27,30)(H,29,31)/t13-,17-,22+,23-/m1/s1. The summed E-state index contributed by atoms with van der Waals surface area (Å²) >= 11 is 0. The molecule has 32 heavy (non-hydrogen) atoms. The number of benzene rings is 1. The average molecular weight is 432 g/mol. The molecule has 1 fully saturated rings. The lowest BCUT2D eigenvalue weighted by molar-refractivity contribution is 0.0995. The molecule has 3 heterocycles. The lowest BCUT2D eigenvalue weighted by Crippen LogP contribution is -2.49. The first kappa shape index (κ1) is 21.4.